The predicted molar refractivity (Wildman–Crippen MR) is 64.6 cm³/mol. The third-order valence-electron chi connectivity index (χ3n) is 2.47. The second-order valence-electron chi connectivity index (χ2n) is 3.74. The summed E-state index contributed by atoms with van der Waals surface area (Å²) in [6, 6.07) is 0. The van der Waals surface area contributed by atoms with E-state index in [2.05, 4.69) is 25.7 Å². The molecule has 0 aromatic heterocycles. The lowest BCUT2D eigenvalue weighted by Crippen LogP contribution is -2.11. The van der Waals surface area contributed by atoms with E-state index in [0.29, 0.717) is 5.57 Å². The molecule has 15 heavy (non-hydrogen) atoms. The molecular formula is C14H18O. The first-order valence-corrected chi connectivity index (χ1v) is 5.48. The molecule has 1 atom stereocenters. The zero-order chi connectivity index (χ0) is 11.1. The van der Waals surface area contributed by atoms with Crippen LogP contribution in [0.5, 0.6) is 0 Å². The molecule has 0 bridgehead atoms. The van der Waals surface area contributed by atoms with Crippen molar-refractivity contribution in [3.05, 3.63) is 48.6 Å². The molecule has 0 radical (unpaired) electrons. The van der Waals surface area contributed by atoms with Crippen molar-refractivity contribution in [1.82, 2.24) is 0 Å². The fourth-order valence-electron chi connectivity index (χ4n) is 1.49. The van der Waals surface area contributed by atoms with Gasteiger partial charge in [-0.3, -0.25) is 4.79 Å². The topological polar surface area (TPSA) is 17.1 Å². The standard InChI is InChI=1S/C14H18O/c1-3-4-5-6-7-9-13-10-8-11-14(15)12(13)2/h5-9,11,13H,2-4,10H2,1H3. The molecule has 0 N–H and O–H groups in total. The average molecular weight is 202 g/mol. The largest absolute Gasteiger partial charge is 0.290 e. The molecular weight excluding hydrogens is 184 g/mol. The van der Waals surface area contributed by atoms with Crippen LogP contribution in [0.2, 0.25) is 0 Å². The summed E-state index contributed by atoms with van der Waals surface area (Å²) in [5.41, 5.74) is 0.706. The van der Waals surface area contributed by atoms with Crippen molar-refractivity contribution in [2.75, 3.05) is 0 Å². The molecule has 1 rings (SSSR count). The molecule has 0 saturated carbocycles. The van der Waals surface area contributed by atoms with Gasteiger partial charge in [-0.25, -0.2) is 0 Å². The monoisotopic (exact) mass is 202 g/mol. The van der Waals surface area contributed by atoms with Crippen molar-refractivity contribution in [3.8, 4) is 0 Å². The van der Waals surface area contributed by atoms with Crippen LogP contribution >= 0.6 is 0 Å². The van der Waals surface area contributed by atoms with Crippen LogP contribution in [0.4, 0.5) is 0 Å². The van der Waals surface area contributed by atoms with E-state index in [0.717, 1.165) is 12.8 Å². The Kier molecular flexibility index (Phi) is 4.82. The van der Waals surface area contributed by atoms with Gasteiger partial charge in [-0.2, -0.15) is 0 Å². The number of carbonyl (C=O) groups excluding carboxylic acids is 1. The summed E-state index contributed by atoms with van der Waals surface area (Å²) in [6.45, 7) is 5.97. The van der Waals surface area contributed by atoms with Gasteiger partial charge in [0.05, 0.1) is 0 Å². The van der Waals surface area contributed by atoms with E-state index < -0.39 is 0 Å². The van der Waals surface area contributed by atoms with Crippen molar-refractivity contribution in [3.63, 3.8) is 0 Å². The molecule has 1 aliphatic carbocycles. The van der Waals surface area contributed by atoms with Crippen LogP contribution in [0.15, 0.2) is 48.6 Å². The first kappa shape index (κ1) is 11.7. The van der Waals surface area contributed by atoms with Gasteiger partial charge in [0.25, 0.3) is 0 Å². The van der Waals surface area contributed by atoms with Crippen molar-refractivity contribution < 1.29 is 4.79 Å². The summed E-state index contributed by atoms with van der Waals surface area (Å²) in [4.78, 5) is 11.3. The first-order valence-electron chi connectivity index (χ1n) is 5.48. The van der Waals surface area contributed by atoms with Crippen molar-refractivity contribution in [1.29, 1.82) is 0 Å². The van der Waals surface area contributed by atoms with Gasteiger partial charge in [0.15, 0.2) is 5.78 Å². The Morgan fingerprint density at radius 2 is 2.33 bits per heavy atom. The number of rotatable bonds is 4. The Hall–Kier alpha value is -1.37. The SMILES string of the molecule is C=C1C(=O)C=CCC1C=CC=CCCC. The molecule has 0 saturated heterocycles. The average Bonchev–Trinajstić information content (AvgIpc) is 2.24. The minimum absolute atomic E-state index is 0.0634. The highest BCUT2D eigenvalue weighted by atomic mass is 16.1. The summed E-state index contributed by atoms with van der Waals surface area (Å²) in [5, 5.41) is 0. The molecule has 0 aromatic rings. The van der Waals surface area contributed by atoms with Crippen LogP contribution in [0, 0.1) is 5.92 Å². The molecule has 80 valence electrons. The van der Waals surface area contributed by atoms with E-state index in [9.17, 15) is 4.79 Å². The van der Waals surface area contributed by atoms with Crippen LogP contribution in [0.1, 0.15) is 26.2 Å². The van der Waals surface area contributed by atoms with Gasteiger partial charge >= 0.3 is 0 Å². The molecule has 1 nitrogen and oxygen atoms in total. The number of hydrogen-bond donors (Lipinski definition) is 0. The van der Waals surface area contributed by atoms with E-state index in [1.54, 1.807) is 6.08 Å². The van der Waals surface area contributed by atoms with Gasteiger partial charge in [-0.05, 0) is 24.5 Å². The highest BCUT2D eigenvalue weighted by Crippen LogP contribution is 2.21. The number of carbonyl (C=O) groups is 1. The maximum Gasteiger partial charge on any atom is 0.181 e. The third-order valence-corrected chi connectivity index (χ3v) is 2.47. The van der Waals surface area contributed by atoms with Crippen molar-refractivity contribution in [2.24, 2.45) is 5.92 Å². The van der Waals surface area contributed by atoms with Gasteiger partial charge in [0.1, 0.15) is 0 Å². The van der Waals surface area contributed by atoms with E-state index in [4.69, 9.17) is 0 Å². The van der Waals surface area contributed by atoms with Gasteiger partial charge in [-0.15, -0.1) is 0 Å². The summed E-state index contributed by atoms with van der Waals surface area (Å²) >= 11 is 0. The number of unbranched alkanes of at least 4 members (excludes halogenated alkanes) is 1. The summed E-state index contributed by atoms with van der Waals surface area (Å²) in [7, 11) is 0. The summed E-state index contributed by atoms with van der Waals surface area (Å²) < 4.78 is 0. The Morgan fingerprint density at radius 3 is 3.07 bits per heavy atom. The lowest BCUT2D eigenvalue weighted by Gasteiger charge is -2.14. The van der Waals surface area contributed by atoms with E-state index >= 15 is 0 Å². The van der Waals surface area contributed by atoms with E-state index in [1.807, 2.05) is 18.2 Å². The lowest BCUT2D eigenvalue weighted by atomic mass is 9.88. The first-order chi connectivity index (χ1) is 7.25. The fourth-order valence-corrected chi connectivity index (χ4v) is 1.49. The third kappa shape index (κ3) is 3.70. The number of allylic oxidation sites excluding steroid dienone is 7. The Labute approximate surface area is 91.9 Å². The minimum atomic E-state index is 0.0634. The Bertz CT molecular complexity index is 318. The van der Waals surface area contributed by atoms with Crippen LogP contribution in [0.25, 0.3) is 0 Å². The van der Waals surface area contributed by atoms with Gasteiger partial charge in [0, 0.05) is 5.92 Å². The van der Waals surface area contributed by atoms with E-state index in [-0.39, 0.29) is 11.7 Å². The normalized spacial score (nSPS) is 22.1. The summed E-state index contributed by atoms with van der Waals surface area (Å²) in [5.74, 6) is 0.252. The number of ketones is 1. The van der Waals surface area contributed by atoms with Crippen LogP contribution < -0.4 is 0 Å². The maximum atomic E-state index is 11.3. The second kappa shape index (κ2) is 6.18. The Balaban J connectivity index is 2.48. The van der Waals surface area contributed by atoms with Crippen LogP contribution in [-0.2, 0) is 4.79 Å². The van der Waals surface area contributed by atoms with E-state index in [1.165, 1.54) is 6.42 Å². The Morgan fingerprint density at radius 1 is 1.53 bits per heavy atom. The molecule has 0 aliphatic heterocycles. The van der Waals surface area contributed by atoms with Gasteiger partial charge in [0.2, 0.25) is 0 Å². The number of hydrogen-bond acceptors (Lipinski definition) is 1. The molecule has 1 unspecified atom stereocenters. The molecule has 0 aromatic carbocycles. The van der Waals surface area contributed by atoms with Gasteiger partial charge < -0.3 is 0 Å². The predicted octanol–water partition coefficient (Wildman–Crippen LogP) is 3.60. The molecule has 0 heterocycles. The molecule has 0 fully saturated rings. The van der Waals surface area contributed by atoms with Crippen molar-refractivity contribution in [2.45, 2.75) is 26.2 Å². The quantitative estimate of drug-likeness (QED) is 0.503. The van der Waals surface area contributed by atoms with Gasteiger partial charge in [-0.1, -0.05) is 50.3 Å². The smallest absolute Gasteiger partial charge is 0.181 e. The minimum Gasteiger partial charge on any atom is -0.290 e. The molecule has 0 amide bonds. The molecule has 1 heteroatoms. The zero-order valence-electron chi connectivity index (χ0n) is 9.28. The zero-order valence-corrected chi connectivity index (χ0v) is 9.28. The molecule has 1 aliphatic rings. The van der Waals surface area contributed by atoms with Crippen molar-refractivity contribution >= 4 is 5.78 Å². The summed E-state index contributed by atoms with van der Waals surface area (Å²) in [6.07, 6.45) is 14.9. The lowest BCUT2D eigenvalue weighted by molar-refractivity contribution is -0.111. The highest BCUT2D eigenvalue weighted by Gasteiger charge is 2.16. The van der Waals surface area contributed by atoms with Crippen LogP contribution in [0.3, 0.4) is 0 Å². The van der Waals surface area contributed by atoms with Crippen LogP contribution in [-0.4, -0.2) is 5.78 Å². The maximum absolute atomic E-state index is 11.3. The highest BCUT2D eigenvalue weighted by molar-refractivity contribution is 6.04. The second-order valence-corrected chi connectivity index (χ2v) is 3.74. The fraction of sp³-hybridized carbons (Fsp3) is 0.357. The molecule has 0 spiro atoms.